The monoisotopic (exact) mass is 284 g/mol. The third kappa shape index (κ3) is 5.40. The second-order valence-corrected chi connectivity index (χ2v) is 4.57. The standard InChI is InChI=1S/C13H20N2O5/c1-2-8-20-13(19)15-10(5-6-11(16)17)12(18)9-4-3-7-14-9/h2,9-10,14H,1,3-8H2,(H,15,19)(H,16,17)/t9-,10?/m0/s1. The second-order valence-electron chi connectivity index (χ2n) is 4.57. The van der Waals surface area contributed by atoms with E-state index in [1.807, 2.05) is 0 Å². The molecule has 1 saturated heterocycles. The Labute approximate surface area is 117 Å². The molecule has 1 aliphatic heterocycles. The molecule has 0 saturated carbocycles. The fraction of sp³-hybridized carbons (Fsp3) is 0.615. The van der Waals surface area contributed by atoms with Gasteiger partial charge in [-0.1, -0.05) is 12.7 Å². The summed E-state index contributed by atoms with van der Waals surface area (Å²) in [5.41, 5.74) is 0. The predicted octanol–water partition coefficient (Wildman–Crippen LogP) is 0.453. The van der Waals surface area contributed by atoms with E-state index >= 15 is 0 Å². The molecule has 1 aliphatic rings. The number of carbonyl (C=O) groups is 3. The number of hydrogen-bond donors (Lipinski definition) is 3. The Morgan fingerprint density at radius 1 is 1.50 bits per heavy atom. The fourth-order valence-electron chi connectivity index (χ4n) is 2.04. The van der Waals surface area contributed by atoms with E-state index < -0.39 is 18.1 Å². The van der Waals surface area contributed by atoms with Gasteiger partial charge in [-0.15, -0.1) is 0 Å². The summed E-state index contributed by atoms with van der Waals surface area (Å²) in [5.74, 6) is -1.21. The molecule has 0 spiro atoms. The van der Waals surface area contributed by atoms with Gasteiger partial charge in [0.15, 0.2) is 5.78 Å². The number of carboxylic acids is 1. The SMILES string of the molecule is C=CCOC(=O)NC(CCC(=O)O)C(=O)[C@@H]1CCCN1. The number of hydrogen-bond acceptors (Lipinski definition) is 5. The van der Waals surface area contributed by atoms with Crippen LogP contribution in [0.3, 0.4) is 0 Å². The molecule has 2 atom stereocenters. The molecule has 7 nitrogen and oxygen atoms in total. The Kier molecular flexibility index (Phi) is 6.72. The van der Waals surface area contributed by atoms with Gasteiger partial charge in [-0.3, -0.25) is 9.59 Å². The van der Waals surface area contributed by atoms with Crippen molar-refractivity contribution in [3.8, 4) is 0 Å². The van der Waals surface area contributed by atoms with Crippen LogP contribution in [0.25, 0.3) is 0 Å². The molecule has 7 heteroatoms. The predicted molar refractivity (Wildman–Crippen MR) is 71.4 cm³/mol. The van der Waals surface area contributed by atoms with E-state index in [1.165, 1.54) is 6.08 Å². The van der Waals surface area contributed by atoms with Crippen molar-refractivity contribution in [1.82, 2.24) is 10.6 Å². The van der Waals surface area contributed by atoms with Crippen molar-refractivity contribution in [2.24, 2.45) is 0 Å². The number of aliphatic carboxylic acids is 1. The van der Waals surface area contributed by atoms with Gasteiger partial charge in [0.25, 0.3) is 0 Å². The third-order valence-corrected chi connectivity index (χ3v) is 3.02. The maximum Gasteiger partial charge on any atom is 0.408 e. The quantitative estimate of drug-likeness (QED) is 0.559. The largest absolute Gasteiger partial charge is 0.481 e. The lowest BCUT2D eigenvalue weighted by atomic mass is 10.00. The van der Waals surface area contributed by atoms with Gasteiger partial charge in [-0.05, 0) is 25.8 Å². The van der Waals surface area contributed by atoms with E-state index in [1.54, 1.807) is 0 Å². The van der Waals surface area contributed by atoms with Gasteiger partial charge >= 0.3 is 12.1 Å². The molecule has 1 amide bonds. The van der Waals surface area contributed by atoms with Crippen molar-refractivity contribution in [2.75, 3.05) is 13.2 Å². The minimum atomic E-state index is -1.01. The molecule has 1 unspecified atom stereocenters. The van der Waals surface area contributed by atoms with Gasteiger partial charge < -0.3 is 20.5 Å². The molecule has 0 bridgehead atoms. The zero-order valence-corrected chi connectivity index (χ0v) is 11.3. The Morgan fingerprint density at radius 3 is 2.80 bits per heavy atom. The molecule has 1 rings (SSSR count). The number of ketones is 1. The van der Waals surface area contributed by atoms with Crippen LogP contribution in [0.4, 0.5) is 4.79 Å². The number of amides is 1. The van der Waals surface area contributed by atoms with Crippen molar-refractivity contribution in [3.63, 3.8) is 0 Å². The molecule has 0 aliphatic carbocycles. The Balaban J connectivity index is 2.58. The van der Waals surface area contributed by atoms with Gasteiger partial charge in [0.1, 0.15) is 6.61 Å². The Bertz CT molecular complexity index is 377. The van der Waals surface area contributed by atoms with E-state index in [9.17, 15) is 14.4 Å². The molecule has 0 aromatic rings. The summed E-state index contributed by atoms with van der Waals surface area (Å²) in [6.07, 6.45) is 2.12. The number of carboxylic acid groups (broad SMARTS) is 1. The molecule has 0 aromatic carbocycles. The number of rotatable bonds is 8. The molecule has 0 radical (unpaired) electrons. The molecular formula is C13H20N2O5. The number of nitrogens with one attached hydrogen (secondary N) is 2. The normalized spacial score (nSPS) is 19.1. The maximum atomic E-state index is 12.2. The average Bonchev–Trinajstić information content (AvgIpc) is 2.94. The average molecular weight is 284 g/mol. The van der Waals surface area contributed by atoms with Crippen LogP contribution in [0.1, 0.15) is 25.7 Å². The summed E-state index contributed by atoms with van der Waals surface area (Å²) >= 11 is 0. The van der Waals surface area contributed by atoms with Crippen LogP contribution < -0.4 is 10.6 Å². The van der Waals surface area contributed by atoms with Crippen LogP contribution in [0, 0.1) is 0 Å². The van der Waals surface area contributed by atoms with Crippen molar-refractivity contribution in [2.45, 2.75) is 37.8 Å². The number of ether oxygens (including phenoxy) is 1. The summed E-state index contributed by atoms with van der Waals surface area (Å²) in [6.45, 7) is 4.20. The molecule has 112 valence electrons. The number of Topliss-reactive ketones (excluding diaryl/α,β-unsaturated/α-hetero) is 1. The fourth-order valence-corrected chi connectivity index (χ4v) is 2.04. The first kappa shape index (κ1) is 16.2. The highest BCUT2D eigenvalue weighted by Gasteiger charge is 2.30. The number of alkyl carbamates (subject to hydrolysis) is 1. The van der Waals surface area contributed by atoms with Crippen molar-refractivity contribution >= 4 is 17.8 Å². The lowest BCUT2D eigenvalue weighted by molar-refractivity contribution is -0.137. The van der Waals surface area contributed by atoms with Crippen LogP contribution in [0.5, 0.6) is 0 Å². The summed E-state index contributed by atoms with van der Waals surface area (Å²) in [4.78, 5) is 34.3. The topological polar surface area (TPSA) is 105 Å². The van der Waals surface area contributed by atoms with Crippen LogP contribution in [0.2, 0.25) is 0 Å². The minimum absolute atomic E-state index is 0.0351. The third-order valence-electron chi connectivity index (χ3n) is 3.02. The second kappa shape index (κ2) is 8.31. The lowest BCUT2D eigenvalue weighted by Crippen LogP contribution is -2.48. The summed E-state index contributed by atoms with van der Waals surface area (Å²) < 4.78 is 4.75. The first-order chi connectivity index (χ1) is 9.54. The van der Waals surface area contributed by atoms with Crippen molar-refractivity contribution in [3.05, 3.63) is 12.7 Å². The minimum Gasteiger partial charge on any atom is -0.481 e. The first-order valence-electron chi connectivity index (χ1n) is 6.57. The van der Waals surface area contributed by atoms with Crippen molar-refractivity contribution in [1.29, 1.82) is 0 Å². The summed E-state index contributed by atoms with van der Waals surface area (Å²) in [7, 11) is 0. The smallest absolute Gasteiger partial charge is 0.408 e. The maximum absolute atomic E-state index is 12.2. The molecule has 20 heavy (non-hydrogen) atoms. The van der Waals surface area contributed by atoms with E-state index in [0.717, 1.165) is 13.0 Å². The van der Waals surface area contributed by atoms with E-state index in [-0.39, 0.29) is 31.3 Å². The molecular weight excluding hydrogens is 264 g/mol. The van der Waals surface area contributed by atoms with E-state index in [4.69, 9.17) is 9.84 Å². The molecule has 1 heterocycles. The summed E-state index contributed by atoms with van der Waals surface area (Å²) in [5, 5.41) is 14.2. The highest BCUT2D eigenvalue weighted by molar-refractivity contribution is 5.92. The highest BCUT2D eigenvalue weighted by atomic mass is 16.5. The number of carbonyl (C=O) groups excluding carboxylic acids is 2. The van der Waals surface area contributed by atoms with Crippen LogP contribution in [0.15, 0.2) is 12.7 Å². The van der Waals surface area contributed by atoms with Crippen molar-refractivity contribution < 1.29 is 24.2 Å². The van der Waals surface area contributed by atoms with Gasteiger partial charge in [0.2, 0.25) is 0 Å². The van der Waals surface area contributed by atoms with Gasteiger partial charge in [-0.2, -0.15) is 0 Å². The zero-order valence-electron chi connectivity index (χ0n) is 11.3. The molecule has 3 N–H and O–H groups in total. The summed E-state index contributed by atoms with van der Waals surface area (Å²) in [6, 6.07) is -1.17. The van der Waals surface area contributed by atoms with Crippen LogP contribution >= 0.6 is 0 Å². The van der Waals surface area contributed by atoms with Crippen LogP contribution in [-0.4, -0.2) is 48.2 Å². The Morgan fingerprint density at radius 2 is 2.25 bits per heavy atom. The highest BCUT2D eigenvalue weighted by Crippen LogP contribution is 2.11. The van der Waals surface area contributed by atoms with E-state index in [2.05, 4.69) is 17.2 Å². The first-order valence-corrected chi connectivity index (χ1v) is 6.57. The van der Waals surface area contributed by atoms with Gasteiger partial charge in [0, 0.05) is 6.42 Å². The Hall–Kier alpha value is -1.89. The molecule has 0 aromatic heterocycles. The van der Waals surface area contributed by atoms with Gasteiger partial charge in [-0.25, -0.2) is 4.79 Å². The van der Waals surface area contributed by atoms with Gasteiger partial charge in [0.05, 0.1) is 12.1 Å². The molecule has 1 fully saturated rings. The zero-order chi connectivity index (χ0) is 15.0. The van der Waals surface area contributed by atoms with E-state index in [0.29, 0.717) is 6.42 Å². The van der Waals surface area contributed by atoms with Crippen LogP contribution in [-0.2, 0) is 14.3 Å². The lowest BCUT2D eigenvalue weighted by Gasteiger charge is -2.20.